The van der Waals surface area contributed by atoms with Gasteiger partial charge in [0.15, 0.2) is 0 Å². The molecule has 3 amide bonds. The molecule has 5 nitrogen and oxygen atoms in total. The summed E-state index contributed by atoms with van der Waals surface area (Å²) in [4.78, 5) is 28.6. The summed E-state index contributed by atoms with van der Waals surface area (Å²) < 4.78 is 0. The van der Waals surface area contributed by atoms with E-state index in [-0.39, 0.29) is 11.9 Å². The van der Waals surface area contributed by atoms with Crippen LogP contribution in [0.4, 0.5) is 4.79 Å². The summed E-state index contributed by atoms with van der Waals surface area (Å²) in [6.07, 6.45) is 2.60. The summed E-state index contributed by atoms with van der Waals surface area (Å²) in [7, 11) is 4.02. The number of carbonyl (C=O) groups is 2. The number of nitrogens with zero attached hydrogens (tertiary/aromatic N) is 2. The summed E-state index contributed by atoms with van der Waals surface area (Å²) in [6, 6.07) is -0.170. The Morgan fingerprint density at radius 3 is 2.27 bits per heavy atom. The maximum atomic E-state index is 12.8. The van der Waals surface area contributed by atoms with E-state index in [9.17, 15) is 9.59 Å². The molecule has 126 valence electrons. The molecule has 0 saturated carbocycles. The quantitative estimate of drug-likeness (QED) is 0.578. The van der Waals surface area contributed by atoms with Crippen molar-refractivity contribution < 1.29 is 9.59 Å². The van der Waals surface area contributed by atoms with Gasteiger partial charge >= 0.3 is 137 Å². The Morgan fingerprint density at radius 1 is 1.18 bits per heavy atom. The third-order valence-corrected chi connectivity index (χ3v) is 17.7. The molecule has 0 aromatic carbocycles. The van der Waals surface area contributed by atoms with E-state index in [4.69, 9.17) is 0 Å². The minimum atomic E-state index is -1.70. The van der Waals surface area contributed by atoms with E-state index in [1.165, 1.54) is 25.9 Å². The fraction of sp³-hybridized carbons (Fsp3) is 0.875. The van der Waals surface area contributed by atoms with Crippen molar-refractivity contribution >= 4 is 25.2 Å². The molecule has 2 aliphatic heterocycles. The van der Waals surface area contributed by atoms with Crippen LogP contribution in [-0.4, -0.2) is 67.7 Å². The van der Waals surface area contributed by atoms with Gasteiger partial charge in [-0.2, -0.15) is 0 Å². The van der Waals surface area contributed by atoms with Crippen molar-refractivity contribution in [1.82, 2.24) is 15.1 Å². The van der Waals surface area contributed by atoms with Gasteiger partial charge in [-0.1, -0.05) is 0 Å². The molecular weight excluding hydrogens is 339 g/mol. The molecule has 0 aromatic rings. The van der Waals surface area contributed by atoms with Gasteiger partial charge in [0, 0.05) is 0 Å². The van der Waals surface area contributed by atoms with E-state index < -0.39 is 18.8 Å². The van der Waals surface area contributed by atoms with Crippen LogP contribution < -0.4 is 5.32 Å². The summed E-state index contributed by atoms with van der Waals surface area (Å²) >= 11 is -1.70. The van der Waals surface area contributed by atoms with Crippen LogP contribution in [0.1, 0.15) is 33.1 Å². The Balaban J connectivity index is 1.99. The minimum absolute atomic E-state index is 0.0412. The Hall–Kier alpha value is -0.557. The van der Waals surface area contributed by atoms with Gasteiger partial charge in [-0.25, -0.2) is 0 Å². The second-order valence-corrected chi connectivity index (χ2v) is 18.7. The summed E-state index contributed by atoms with van der Waals surface area (Å²) in [5.74, 6) is 0.0412. The number of urea groups is 1. The van der Waals surface area contributed by atoms with E-state index in [1.807, 2.05) is 14.1 Å². The predicted molar refractivity (Wildman–Crippen MR) is 91.7 cm³/mol. The van der Waals surface area contributed by atoms with Gasteiger partial charge in [-0.3, -0.25) is 0 Å². The van der Waals surface area contributed by atoms with Crippen molar-refractivity contribution in [2.45, 2.75) is 59.7 Å². The molecule has 22 heavy (non-hydrogen) atoms. The third-order valence-electron chi connectivity index (χ3n) is 5.90. The number of hydrogen-bond donors (Lipinski definition) is 1. The van der Waals surface area contributed by atoms with Crippen LogP contribution in [0.5, 0.6) is 0 Å². The van der Waals surface area contributed by atoms with Crippen molar-refractivity contribution in [2.75, 3.05) is 27.2 Å². The molecule has 2 aliphatic rings. The fourth-order valence-corrected chi connectivity index (χ4v) is 12.5. The van der Waals surface area contributed by atoms with Gasteiger partial charge in [0.25, 0.3) is 0 Å². The summed E-state index contributed by atoms with van der Waals surface area (Å²) in [5, 5.41) is 8.20. The van der Waals surface area contributed by atoms with E-state index in [1.54, 1.807) is 0 Å². The molecule has 2 rings (SSSR count). The van der Waals surface area contributed by atoms with Crippen molar-refractivity contribution in [2.24, 2.45) is 0 Å². The Bertz CT molecular complexity index is 425. The van der Waals surface area contributed by atoms with E-state index >= 15 is 0 Å². The predicted octanol–water partition coefficient (Wildman–Crippen LogP) is 2.51. The molecule has 0 radical (unpaired) electrons. The molecule has 1 N–H and O–H groups in total. The topological polar surface area (TPSA) is 52.7 Å². The van der Waals surface area contributed by atoms with Crippen LogP contribution in [0.25, 0.3) is 0 Å². The number of imide groups is 1. The Kier molecular flexibility index (Phi) is 5.59. The third kappa shape index (κ3) is 3.35. The molecule has 2 heterocycles. The second kappa shape index (κ2) is 6.91. The molecule has 1 spiro atoms. The van der Waals surface area contributed by atoms with Crippen LogP contribution in [0, 0.1) is 0 Å². The van der Waals surface area contributed by atoms with E-state index in [2.05, 4.69) is 24.1 Å². The van der Waals surface area contributed by atoms with Gasteiger partial charge in [0.05, 0.1) is 0 Å². The molecule has 0 unspecified atom stereocenters. The van der Waals surface area contributed by atoms with Gasteiger partial charge in [0.2, 0.25) is 0 Å². The zero-order chi connectivity index (χ0) is 16.4. The monoisotopic (exact) mass is 371 g/mol. The van der Waals surface area contributed by atoms with Crippen molar-refractivity contribution in [1.29, 1.82) is 0 Å². The van der Waals surface area contributed by atoms with E-state index in [0.717, 1.165) is 25.8 Å². The molecular formula is C16H31GeN3O2. The molecule has 0 aliphatic carbocycles. The molecule has 0 aromatic heterocycles. The molecule has 0 bridgehead atoms. The van der Waals surface area contributed by atoms with Crippen molar-refractivity contribution in [3.05, 3.63) is 0 Å². The number of amides is 3. The van der Waals surface area contributed by atoms with Crippen LogP contribution in [0.2, 0.25) is 21.0 Å². The molecule has 0 atom stereocenters. The van der Waals surface area contributed by atoms with Crippen molar-refractivity contribution in [3.8, 4) is 0 Å². The van der Waals surface area contributed by atoms with Gasteiger partial charge in [0.1, 0.15) is 0 Å². The maximum absolute atomic E-state index is 12.8. The second-order valence-electron chi connectivity index (χ2n) is 7.33. The van der Waals surface area contributed by atoms with Crippen LogP contribution in [-0.2, 0) is 4.79 Å². The fourth-order valence-electron chi connectivity index (χ4n) is 3.93. The standard InChI is InChI=1S/C16H31GeN3O2/c1-5-17(6-2)10-8-16(9-11-17)14(21)20(15(22)18-16)13-7-12-19(3)4/h5-13H2,1-4H3,(H,18,22). The summed E-state index contributed by atoms with van der Waals surface area (Å²) in [6.45, 7) is 6.08. The number of hydrogen-bond acceptors (Lipinski definition) is 3. The average Bonchev–Trinajstić information content (AvgIpc) is 2.73. The molecule has 2 saturated heterocycles. The zero-order valence-electron chi connectivity index (χ0n) is 14.6. The first-order valence-corrected chi connectivity index (χ1v) is 14.6. The first kappa shape index (κ1) is 17.8. The average molecular weight is 370 g/mol. The molecule has 2 fully saturated rings. The number of rotatable bonds is 6. The first-order valence-electron chi connectivity index (χ1n) is 8.67. The summed E-state index contributed by atoms with van der Waals surface area (Å²) in [5.41, 5.74) is -0.561. The first-order chi connectivity index (χ1) is 10.4. The normalized spacial score (nSPS) is 23.4. The van der Waals surface area contributed by atoms with Gasteiger partial charge < -0.3 is 0 Å². The van der Waals surface area contributed by atoms with E-state index in [0.29, 0.717) is 6.54 Å². The Morgan fingerprint density at radius 2 is 1.77 bits per heavy atom. The molecule has 6 heteroatoms. The van der Waals surface area contributed by atoms with Crippen LogP contribution >= 0.6 is 0 Å². The van der Waals surface area contributed by atoms with Gasteiger partial charge in [-0.15, -0.1) is 0 Å². The SMILES string of the molecule is C[CH2][Ge]1([CH2]C)[CH2]CC2(C[CH2]1)NC(=O)N(CCCN(C)C)C2=O. The number of carbonyl (C=O) groups excluding carboxylic acids is 2. The van der Waals surface area contributed by atoms with Crippen LogP contribution in [0.15, 0.2) is 0 Å². The Labute approximate surface area is 137 Å². The van der Waals surface area contributed by atoms with Crippen LogP contribution in [0.3, 0.4) is 0 Å². The van der Waals surface area contributed by atoms with Gasteiger partial charge in [-0.05, 0) is 0 Å². The zero-order valence-corrected chi connectivity index (χ0v) is 16.7. The number of nitrogens with one attached hydrogen (secondary N) is 1. The van der Waals surface area contributed by atoms with Crippen molar-refractivity contribution in [3.63, 3.8) is 0 Å².